The van der Waals surface area contributed by atoms with E-state index in [9.17, 15) is 10.1 Å². The lowest BCUT2D eigenvalue weighted by Gasteiger charge is -2.16. The third-order valence-electron chi connectivity index (χ3n) is 4.10. The highest BCUT2D eigenvalue weighted by atomic mass is 79.9. The molecule has 0 spiro atoms. The molecule has 26 heavy (non-hydrogen) atoms. The second kappa shape index (κ2) is 7.89. The van der Waals surface area contributed by atoms with Gasteiger partial charge in [0.05, 0.1) is 4.92 Å². The van der Waals surface area contributed by atoms with Crippen LogP contribution in [0.2, 0.25) is 25.7 Å². The SMILES string of the molecule is Cc1cc(Br)cc(-c2c([N+](=O)[O-])c(C)nn2COCC[Si](C)(C)C)c1N. The zero-order valence-corrected chi connectivity index (χ0v) is 18.4. The van der Waals surface area contributed by atoms with Gasteiger partial charge in [-0.05, 0) is 37.6 Å². The monoisotopic (exact) mass is 440 g/mol. The fourth-order valence-corrected chi connectivity index (χ4v) is 3.96. The van der Waals surface area contributed by atoms with Crippen molar-refractivity contribution in [3.05, 3.63) is 38.0 Å². The van der Waals surface area contributed by atoms with Crippen molar-refractivity contribution < 1.29 is 9.66 Å². The summed E-state index contributed by atoms with van der Waals surface area (Å²) in [5.41, 5.74) is 8.83. The van der Waals surface area contributed by atoms with E-state index >= 15 is 0 Å². The van der Waals surface area contributed by atoms with Gasteiger partial charge in [-0.25, -0.2) is 4.68 Å². The molecule has 0 bridgehead atoms. The number of nitro groups is 1. The molecule has 0 unspecified atom stereocenters. The summed E-state index contributed by atoms with van der Waals surface area (Å²) in [4.78, 5) is 11.2. The predicted octanol–water partition coefficient (Wildman–Crippen LogP) is 4.73. The van der Waals surface area contributed by atoms with E-state index < -0.39 is 13.0 Å². The number of nitrogen functional groups attached to an aromatic ring is 1. The van der Waals surface area contributed by atoms with Crippen molar-refractivity contribution >= 4 is 35.4 Å². The minimum Gasteiger partial charge on any atom is -0.398 e. The summed E-state index contributed by atoms with van der Waals surface area (Å²) in [6.07, 6.45) is 0. The summed E-state index contributed by atoms with van der Waals surface area (Å²) in [7, 11) is -1.21. The first kappa shape index (κ1) is 20.6. The van der Waals surface area contributed by atoms with Gasteiger partial charge in [-0.15, -0.1) is 0 Å². The van der Waals surface area contributed by atoms with Crippen LogP contribution in [0.1, 0.15) is 11.3 Å². The quantitative estimate of drug-likeness (QED) is 0.220. The summed E-state index contributed by atoms with van der Waals surface area (Å²) in [5.74, 6) is 0. The molecule has 7 nitrogen and oxygen atoms in total. The van der Waals surface area contributed by atoms with E-state index in [0.29, 0.717) is 29.2 Å². The van der Waals surface area contributed by atoms with Gasteiger partial charge in [0.1, 0.15) is 12.4 Å². The minimum atomic E-state index is -1.21. The lowest BCUT2D eigenvalue weighted by Crippen LogP contribution is -2.22. The fraction of sp³-hybridized carbons (Fsp3) is 0.471. The van der Waals surface area contributed by atoms with Crippen LogP contribution in [0.25, 0.3) is 11.3 Å². The van der Waals surface area contributed by atoms with Crippen LogP contribution in [0, 0.1) is 24.0 Å². The molecule has 1 heterocycles. The van der Waals surface area contributed by atoms with E-state index in [1.807, 2.05) is 13.0 Å². The van der Waals surface area contributed by atoms with Crippen molar-refractivity contribution in [3.8, 4) is 11.3 Å². The highest BCUT2D eigenvalue weighted by Crippen LogP contribution is 2.38. The van der Waals surface area contributed by atoms with Crippen LogP contribution in [0.4, 0.5) is 11.4 Å². The first-order valence-electron chi connectivity index (χ1n) is 8.37. The summed E-state index contributed by atoms with van der Waals surface area (Å²) in [6, 6.07) is 4.68. The van der Waals surface area contributed by atoms with Crippen LogP contribution < -0.4 is 5.73 Å². The maximum atomic E-state index is 11.6. The number of aryl methyl sites for hydroxylation is 2. The highest BCUT2D eigenvalue weighted by molar-refractivity contribution is 9.10. The molecule has 0 aliphatic rings. The largest absolute Gasteiger partial charge is 0.398 e. The average molecular weight is 441 g/mol. The lowest BCUT2D eigenvalue weighted by atomic mass is 10.0. The Labute approximate surface area is 162 Å². The van der Waals surface area contributed by atoms with Gasteiger partial charge < -0.3 is 10.5 Å². The van der Waals surface area contributed by atoms with Gasteiger partial charge in [-0.3, -0.25) is 10.1 Å². The van der Waals surface area contributed by atoms with Gasteiger partial charge in [-0.2, -0.15) is 5.10 Å². The Morgan fingerprint density at radius 1 is 1.35 bits per heavy atom. The number of anilines is 1. The topological polar surface area (TPSA) is 96.2 Å². The minimum absolute atomic E-state index is 0.0389. The number of rotatable bonds is 7. The summed E-state index contributed by atoms with van der Waals surface area (Å²) >= 11 is 3.44. The third kappa shape index (κ3) is 4.71. The number of nitrogens with zero attached hydrogens (tertiary/aromatic N) is 3. The Hall–Kier alpha value is -1.71. The molecule has 0 aliphatic carbocycles. The lowest BCUT2D eigenvalue weighted by molar-refractivity contribution is -0.384. The summed E-state index contributed by atoms with van der Waals surface area (Å²) < 4.78 is 8.11. The predicted molar refractivity (Wildman–Crippen MR) is 110 cm³/mol. The number of benzene rings is 1. The molecule has 0 saturated heterocycles. The Bertz CT molecular complexity index is 830. The molecule has 0 saturated carbocycles. The molecular formula is C17H25BrN4O3Si. The van der Waals surface area contributed by atoms with Crippen LogP contribution in [-0.2, 0) is 11.5 Å². The molecule has 2 N–H and O–H groups in total. The third-order valence-corrected chi connectivity index (χ3v) is 6.26. The Kier molecular flexibility index (Phi) is 6.25. The Morgan fingerprint density at radius 3 is 2.58 bits per heavy atom. The molecule has 0 atom stereocenters. The molecule has 142 valence electrons. The molecular weight excluding hydrogens is 416 g/mol. The van der Waals surface area contributed by atoms with E-state index in [2.05, 4.69) is 40.7 Å². The maximum Gasteiger partial charge on any atom is 0.317 e. The van der Waals surface area contributed by atoms with Crippen LogP contribution in [0.15, 0.2) is 16.6 Å². The molecule has 1 aromatic carbocycles. The first-order valence-corrected chi connectivity index (χ1v) is 12.9. The van der Waals surface area contributed by atoms with Crippen molar-refractivity contribution in [1.29, 1.82) is 0 Å². The maximum absolute atomic E-state index is 11.6. The smallest absolute Gasteiger partial charge is 0.317 e. The van der Waals surface area contributed by atoms with Gasteiger partial charge >= 0.3 is 5.69 Å². The number of hydrogen-bond donors (Lipinski definition) is 1. The standard InChI is InChI=1S/C17H25BrN4O3Si/c1-11-8-13(18)9-14(15(11)19)17-16(22(23)24)12(2)20-21(17)10-25-6-7-26(3,4)5/h8-9H,6-7,10,19H2,1-5H3. The molecule has 1 aromatic heterocycles. The number of hydrogen-bond acceptors (Lipinski definition) is 5. The Morgan fingerprint density at radius 2 is 2.00 bits per heavy atom. The van der Waals surface area contributed by atoms with Crippen molar-refractivity contribution in [3.63, 3.8) is 0 Å². The van der Waals surface area contributed by atoms with Crippen LogP contribution in [0.3, 0.4) is 0 Å². The summed E-state index contributed by atoms with van der Waals surface area (Å²) in [5, 5.41) is 16.0. The normalized spacial score (nSPS) is 11.8. The second-order valence-corrected chi connectivity index (χ2v) is 14.1. The molecule has 2 rings (SSSR count). The van der Waals surface area contributed by atoms with E-state index in [0.717, 1.165) is 16.1 Å². The first-order chi connectivity index (χ1) is 12.0. The van der Waals surface area contributed by atoms with Crippen molar-refractivity contribution in [2.24, 2.45) is 0 Å². The molecule has 0 radical (unpaired) electrons. The van der Waals surface area contributed by atoms with E-state index in [1.165, 1.54) is 4.68 Å². The Balaban J connectivity index is 2.45. The van der Waals surface area contributed by atoms with E-state index in [4.69, 9.17) is 10.5 Å². The van der Waals surface area contributed by atoms with Crippen molar-refractivity contribution in [2.75, 3.05) is 12.3 Å². The molecule has 0 aliphatic heterocycles. The highest BCUT2D eigenvalue weighted by Gasteiger charge is 2.28. The van der Waals surface area contributed by atoms with Crippen molar-refractivity contribution in [2.45, 2.75) is 46.3 Å². The number of nitrogens with two attached hydrogens (primary N) is 1. The van der Waals surface area contributed by atoms with Crippen LogP contribution >= 0.6 is 15.9 Å². The summed E-state index contributed by atoms with van der Waals surface area (Å²) in [6.45, 7) is 11.1. The molecule has 2 aromatic rings. The average Bonchev–Trinajstić information content (AvgIpc) is 2.83. The van der Waals surface area contributed by atoms with Gasteiger partial charge in [0.2, 0.25) is 0 Å². The number of ether oxygens (including phenoxy) is 1. The zero-order chi connectivity index (χ0) is 19.6. The van der Waals surface area contributed by atoms with Gasteiger partial charge in [0.25, 0.3) is 0 Å². The molecule has 9 heteroatoms. The molecule has 0 fully saturated rings. The van der Waals surface area contributed by atoms with Crippen molar-refractivity contribution in [1.82, 2.24) is 9.78 Å². The van der Waals surface area contributed by atoms with Gasteiger partial charge in [0.15, 0.2) is 5.69 Å². The number of aromatic nitrogens is 2. The van der Waals surface area contributed by atoms with Crippen LogP contribution in [-0.4, -0.2) is 29.4 Å². The second-order valence-electron chi connectivity index (χ2n) is 7.57. The van der Waals surface area contributed by atoms with Crippen LogP contribution in [0.5, 0.6) is 0 Å². The van der Waals surface area contributed by atoms with Gasteiger partial charge in [-0.1, -0.05) is 35.6 Å². The zero-order valence-electron chi connectivity index (χ0n) is 15.8. The number of halogens is 1. The van der Waals surface area contributed by atoms with E-state index in [1.54, 1.807) is 13.0 Å². The van der Waals surface area contributed by atoms with E-state index in [-0.39, 0.29) is 12.4 Å². The van der Waals surface area contributed by atoms with Gasteiger partial charge in [0, 0.05) is 30.4 Å². The fourth-order valence-electron chi connectivity index (χ4n) is 2.63. The molecule has 0 amide bonds.